The number of hydrogen-bond acceptors (Lipinski definition) is 2. The second kappa shape index (κ2) is 7.84. The Morgan fingerprint density at radius 3 is 2.81 bits per heavy atom. The van der Waals surface area contributed by atoms with Gasteiger partial charge in [-0.2, -0.15) is 4.99 Å². The van der Waals surface area contributed by atoms with Crippen LogP contribution in [0.1, 0.15) is 44.6 Å². The van der Waals surface area contributed by atoms with E-state index >= 15 is 0 Å². The Morgan fingerprint density at radius 1 is 1.25 bits per heavy atom. The second-order valence-corrected chi connectivity index (χ2v) is 3.82. The molecule has 1 rings (SSSR count). The first-order valence-electron chi connectivity index (χ1n) is 5.88. The molecule has 1 aromatic carbocycles. The molecule has 85 valence electrons. The van der Waals surface area contributed by atoms with E-state index in [4.69, 9.17) is 0 Å². The van der Waals surface area contributed by atoms with Crippen molar-refractivity contribution in [2.75, 3.05) is 0 Å². The van der Waals surface area contributed by atoms with Gasteiger partial charge in [0.2, 0.25) is 6.08 Å². The molecule has 0 spiro atoms. The fraction of sp³-hybridized carbons (Fsp3) is 0.429. The van der Waals surface area contributed by atoms with E-state index in [1.165, 1.54) is 25.7 Å². The minimum Gasteiger partial charge on any atom is -0.211 e. The molecule has 0 fully saturated rings. The Labute approximate surface area is 97.4 Å². The molecule has 0 heterocycles. The predicted molar refractivity (Wildman–Crippen MR) is 66.4 cm³/mol. The summed E-state index contributed by atoms with van der Waals surface area (Å²) in [6.45, 7) is 2.21. The summed E-state index contributed by atoms with van der Waals surface area (Å²) < 4.78 is 0. The lowest BCUT2D eigenvalue weighted by Gasteiger charge is -2.03. The quantitative estimate of drug-likeness (QED) is 0.382. The Bertz CT molecular complexity index is 354. The van der Waals surface area contributed by atoms with Gasteiger partial charge in [-0.25, -0.2) is 4.79 Å². The molecule has 0 aliphatic heterocycles. The number of unbranched alkanes of at least 4 members (excludes halogenated alkanes) is 4. The minimum absolute atomic E-state index is 0.716. The maximum absolute atomic E-state index is 10.2. The SMILES string of the molecule is CCCCCC[CH]c1ccccc1N=C=O. The summed E-state index contributed by atoms with van der Waals surface area (Å²) in [6.07, 6.45) is 9.80. The topological polar surface area (TPSA) is 29.4 Å². The first-order chi connectivity index (χ1) is 7.88. The van der Waals surface area contributed by atoms with E-state index < -0.39 is 0 Å². The van der Waals surface area contributed by atoms with Crippen molar-refractivity contribution >= 4 is 11.8 Å². The van der Waals surface area contributed by atoms with Crippen LogP contribution < -0.4 is 0 Å². The normalized spacial score (nSPS) is 9.81. The van der Waals surface area contributed by atoms with Crippen molar-refractivity contribution in [1.29, 1.82) is 0 Å². The van der Waals surface area contributed by atoms with Crippen molar-refractivity contribution in [3.63, 3.8) is 0 Å². The molecule has 16 heavy (non-hydrogen) atoms. The van der Waals surface area contributed by atoms with E-state index in [0.29, 0.717) is 5.69 Å². The Hall–Kier alpha value is -1.40. The van der Waals surface area contributed by atoms with Crippen LogP contribution in [0.15, 0.2) is 29.3 Å². The van der Waals surface area contributed by atoms with Crippen LogP contribution >= 0.6 is 0 Å². The van der Waals surface area contributed by atoms with Crippen LogP contribution in [0.2, 0.25) is 0 Å². The van der Waals surface area contributed by atoms with Crippen molar-refractivity contribution in [3.05, 3.63) is 36.2 Å². The van der Waals surface area contributed by atoms with Gasteiger partial charge >= 0.3 is 0 Å². The zero-order valence-corrected chi connectivity index (χ0v) is 9.78. The van der Waals surface area contributed by atoms with Crippen LogP contribution in [0.4, 0.5) is 5.69 Å². The molecule has 0 saturated carbocycles. The van der Waals surface area contributed by atoms with Crippen molar-refractivity contribution in [1.82, 2.24) is 0 Å². The highest BCUT2D eigenvalue weighted by atomic mass is 16.1. The van der Waals surface area contributed by atoms with Crippen molar-refractivity contribution in [2.45, 2.75) is 39.0 Å². The predicted octanol–water partition coefficient (Wildman–Crippen LogP) is 4.18. The van der Waals surface area contributed by atoms with Crippen LogP contribution in [-0.2, 0) is 4.79 Å². The summed E-state index contributed by atoms with van der Waals surface area (Å²) in [5.41, 5.74) is 1.75. The van der Waals surface area contributed by atoms with E-state index in [0.717, 1.165) is 12.0 Å². The monoisotopic (exact) mass is 216 g/mol. The molecular formula is C14H18NO. The summed E-state index contributed by atoms with van der Waals surface area (Å²) in [5.74, 6) is 0. The van der Waals surface area contributed by atoms with Gasteiger partial charge in [0.05, 0.1) is 5.69 Å². The third kappa shape index (κ3) is 4.41. The molecule has 0 N–H and O–H groups in total. The van der Waals surface area contributed by atoms with E-state index in [-0.39, 0.29) is 0 Å². The zero-order chi connectivity index (χ0) is 11.6. The highest BCUT2D eigenvalue weighted by Gasteiger charge is 2.00. The molecule has 0 amide bonds. The molecule has 0 aliphatic carbocycles. The third-order valence-corrected chi connectivity index (χ3v) is 2.52. The van der Waals surface area contributed by atoms with Gasteiger partial charge in [-0.3, -0.25) is 0 Å². The van der Waals surface area contributed by atoms with E-state index in [9.17, 15) is 4.79 Å². The van der Waals surface area contributed by atoms with Crippen molar-refractivity contribution in [2.24, 2.45) is 4.99 Å². The van der Waals surface area contributed by atoms with Crippen molar-refractivity contribution in [3.8, 4) is 0 Å². The second-order valence-electron chi connectivity index (χ2n) is 3.82. The summed E-state index contributed by atoms with van der Waals surface area (Å²) in [7, 11) is 0. The van der Waals surface area contributed by atoms with Gasteiger partial charge in [0.15, 0.2) is 0 Å². The molecule has 0 aliphatic rings. The lowest BCUT2D eigenvalue weighted by molar-refractivity contribution is 0.565. The molecule has 0 unspecified atom stereocenters. The number of hydrogen-bond donors (Lipinski definition) is 0. The Balaban J connectivity index is 2.43. The minimum atomic E-state index is 0.716. The number of nitrogens with zero attached hydrogens (tertiary/aromatic N) is 1. The number of para-hydroxylation sites is 1. The van der Waals surface area contributed by atoms with Gasteiger partial charge in [0.1, 0.15) is 0 Å². The third-order valence-electron chi connectivity index (χ3n) is 2.52. The average molecular weight is 216 g/mol. The summed E-state index contributed by atoms with van der Waals surface area (Å²) >= 11 is 0. The van der Waals surface area contributed by atoms with Gasteiger partial charge in [-0.15, -0.1) is 0 Å². The lowest BCUT2D eigenvalue weighted by atomic mass is 10.0. The lowest BCUT2D eigenvalue weighted by Crippen LogP contribution is -1.84. The highest BCUT2D eigenvalue weighted by molar-refractivity contribution is 5.55. The van der Waals surface area contributed by atoms with E-state index in [2.05, 4.69) is 18.3 Å². The van der Waals surface area contributed by atoms with Crippen LogP contribution in [0.5, 0.6) is 0 Å². The Kier molecular flexibility index (Phi) is 6.20. The molecule has 0 aromatic heterocycles. The molecule has 2 nitrogen and oxygen atoms in total. The molecule has 1 aromatic rings. The van der Waals surface area contributed by atoms with Crippen LogP contribution in [0, 0.1) is 6.42 Å². The number of isocyanates is 1. The standard InChI is InChI=1S/C14H18NO/c1-2-3-4-5-6-9-13-10-7-8-11-14(13)15-12-16/h7-11H,2-6H2,1H3. The van der Waals surface area contributed by atoms with Crippen LogP contribution in [-0.4, -0.2) is 6.08 Å². The number of benzene rings is 1. The maximum atomic E-state index is 10.2. The Morgan fingerprint density at radius 2 is 2.06 bits per heavy atom. The molecular weight excluding hydrogens is 198 g/mol. The van der Waals surface area contributed by atoms with Gasteiger partial charge in [-0.05, 0) is 24.5 Å². The zero-order valence-electron chi connectivity index (χ0n) is 9.78. The molecule has 0 bridgehead atoms. The number of carbonyl (C=O) groups excluding carboxylic acids is 1. The molecule has 1 radical (unpaired) electrons. The first-order valence-corrected chi connectivity index (χ1v) is 5.88. The summed E-state index contributed by atoms with van der Waals surface area (Å²) in [4.78, 5) is 13.9. The first kappa shape index (κ1) is 12.7. The van der Waals surface area contributed by atoms with Gasteiger partial charge in [0.25, 0.3) is 0 Å². The maximum Gasteiger partial charge on any atom is 0.240 e. The molecule has 0 saturated heterocycles. The largest absolute Gasteiger partial charge is 0.240 e. The van der Waals surface area contributed by atoms with E-state index in [1.54, 1.807) is 6.08 Å². The number of aliphatic imine (C=N–C) groups is 1. The van der Waals surface area contributed by atoms with Crippen LogP contribution in [0.3, 0.4) is 0 Å². The molecule has 2 heteroatoms. The van der Waals surface area contributed by atoms with Gasteiger partial charge in [0, 0.05) is 0 Å². The number of rotatable bonds is 7. The van der Waals surface area contributed by atoms with Crippen LogP contribution in [0.25, 0.3) is 0 Å². The smallest absolute Gasteiger partial charge is 0.211 e. The molecule has 0 atom stereocenters. The highest BCUT2D eigenvalue weighted by Crippen LogP contribution is 2.21. The fourth-order valence-electron chi connectivity index (χ4n) is 1.64. The van der Waals surface area contributed by atoms with E-state index in [1.807, 2.05) is 24.3 Å². The van der Waals surface area contributed by atoms with Gasteiger partial charge in [-0.1, -0.05) is 50.8 Å². The summed E-state index contributed by atoms with van der Waals surface area (Å²) in [5, 5.41) is 0. The van der Waals surface area contributed by atoms with Crippen molar-refractivity contribution < 1.29 is 4.79 Å². The van der Waals surface area contributed by atoms with Gasteiger partial charge < -0.3 is 0 Å². The fourth-order valence-corrected chi connectivity index (χ4v) is 1.64. The average Bonchev–Trinajstić information content (AvgIpc) is 2.31. The summed E-state index contributed by atoms with van der Waals surface area (Å²) in [6, 6.07) is 7.66.